The zero-order valence-electron chi connectivity index (χ0n) is 28.9. The highest BCUT2D eigenvalue weighted by Crippen LogP contribution is 2.50. The normalized spacial score (nSPS) is 29.2. The smallest absolute Gasteiger partial charge is 0.200 e. The van der Waals surface area contributed by atoms with Crippen molar-refractivity contribution < 1.29 is 28.1 Å². The van der Waals surface area contributed by atoms with E-state index in [-0.39, 0.29) is 49.0 Å². The molecule has 4 rings (SSSR count). The van der Waals surface area contributed by atoms with E-state index in [9.17, 15) is 0 Å². The number of methoxy groups -OCH3 is 1. The lowest BCUT2D eigenvalue weighted by molar-refractivity contribution is -0.346. The van der Waals surface area contributed by atoms with Crippen LogP contribution in [0, 0.1) is 17.8 Å². The third kappa shape index (κ3) is 7.04. The van der Waals surface area contributed by atoms with Crippen LogP contribution in [-0.4, -0.2) is 59.0 Å². The van der Waals surface area contributed by atoms with E-state index >= 15 is 0 Å². The molecule has 2 fully saturated rings. The summed E-state index contributed by atoms with van der Waals surface area (Å²) < 4.78 is 39.6. The van der Waals surface area contributed by atoms with Gasteiger partial charge in [0.1, 0.15) is 12.9 Å². The Hall–Kier alpha value is -1.58. The Morgan fingerprint density at radius 2 is 1.64 bits per heavy atom. The van der Waals surface area contributed by atoms with Gasteiger partial charge in [-0.1, -0.05) is 105 Å². The molecule has 0 aliphatic carbocycles. The Balaban J connectivity index is 1.62. The molecule has 0 aromatic heterocycles. The van der Waals surface area contributed by atoms with Crippen LogP contribution in [0.1, 0.15) is 74.3 Å². The van der Waals surface area contributed by atoms with E-state index in [1.807, 2.05) is 6.08 Å². The standard InChI is InChI=1S/C37H58O6Si/c1-12-27(8)34(39-21-30-17-18-31-15-13-14-16-32(31)19-30)36-35(40-23-38-11)28(9)29(10)37(42-36)20-33(22-41-37)43-44(24(2)3,25(4)5)26(6)7/h12-19,24-29,33-36H,1,20-23H2,2-11H3/t27-,28+,29+,33+,34+,35-,36+,37-/m1/s1. The molecule has 7 heteroatoms. The number of rotatable bonds is 14. The fourth-order valence-electron chi connectivity index (χ4n) is 8.08. The van der Waals surface area contributed by atoms with Crippen molar-refractivity contribution in [3.63, 3.8) is 0 Å². The fourth-order valence-corrected chi connectivity index (χ4v) is 13.6. The third-order valence-electron chi connectivity index (χ3n) is 10.6. The van der Waals surface area contributed by atoms with Gasteiger partial charge in [-0.3, -0.25) is 0 Å². The van der Waals surface area contributed by atoms with Gasteiger partial charge in [0.25, 0.3) is 0 Å². The summed E-state index contributed by atoms with van der Waals surface area (Å²) in [7, 11) is -0.433. The molecule has 0 amide bonds. The van der Waals surface area contributed by atoms with Gasteiger partial charge in [0.2, 0.25) is 8.32 Å². The SMILES string of the molecule is C=C[C@@H](C)[C@H](OCc1ccc2ccccc2c1)[C@@H]1O[C@]2(C[C@H](O[Si](C(C)C)(C(C)C)C(C)C)CO2)[C@@H](C)[C@H](C)[C@H]1OCOC. The minimum Gasteiger partial charge on any atom is -0.411 e. The molecule has 2 aliphatic heterocycles. The van der Waals surface area contributed by atoms with Crippen molar-refractivity contribution in [3.05, 3.63) is 60.7 Å². The molecule has 2 aromatic carbocycles. The lowest BCUT2D eigenvalue weighted by atomic mass is 9.75. The maximum Gasteiger partial charge on any atom is 0.200 e. The molecule has 2 heterocycles. The summed E-state index contributed by atoms with van der Waals surface area (Å²) in [6.07, 6.45) is 1.73. The summed E-state index contributed by atoms with van der Waals surface area (Å²) in [4.78, 5) is 0. The van der Waals surface area contributed by atoms with E-state index in [1.165, 1.54) is 10.8 Å². The van der Waals surface area contributed by atoms with Crippen LogP contribution in [0.5, 0.6) is 0 Å². The van der Waals surface area contributed by atoms with Crippen molar-refractivity contribution in [1.82, 2.24) is 0 Å². The Morgan fingerprint density at radius 3 is 2.25 bits per heavy atom. The van der Waals surface area contributed by atoms with Crippen LogP contribution in [0.3, 0.4) is 0 Å². The van der Waals surface area contributed by atoms with Gasteiger partial charge in [0.05, 0.1) is 31.5 Å². The number of hydrogen-bond donors (Lipinski definition) is 0. The summed E-state index contributed by atoms with van der Waals surface area (Å²) in [5.74, 6) is -0.544. The quantitative estimate of drug-likeness (QED) is 0.119. The predicted molar refractivity (Wildman–Crippen MR) is 181 cm³/mol. The van der Waals surface area contributed by atoms with Crippen molar-refractivity contribution >= 4 is 19.1 Å². The molecule has 2 saturated heterocycles. The second-order valence-corrected chi connectivity index (χ2v) is 19.6. The number of hydrogen-bond acceptors (Lipinski definition) is 6. The highest BCUT2D eigenvalue weighted by Gasteiger charge is 2.59. The van der Waals surface area contributed by atoms with Crippen LogP contribution in [0.15, 0.2) is 55.1 Å². The average molecular weight is 627 g/mol. The van der Waals surface area contributed by atoms with Gasteiger partial charge in [-0.25, -0.2) is 0 Å². The van der Waals surface area contributed by atoms with Gasteiger partial charge in [-0.05, 0) is 44.9 Å². The molecule has 0 radical (unpaired) electrons. The number of benzene rings is 2. The Bertz CT molecular complexity index is 1190. The first kappa shape index (κ1) is 35.3. The van der Waals surface area contributed by atoms with Gasteiger partial charge in [0, 0.05) is 25.4 Å². The lowest BCUT2D eigenvalue weighted by Crippen LogP contribution is -2.62. The fraction of sp³-hybridized carbons (Fsp3) is 0.676. The Morgan fingerprint density at radius 1 is 0.977 bits per heavy atom. The second kappa shape index (κ2) is 14.9. The minimum absolute atomic E-state index is 0.00518. The molecule has 8 atom stereocenters. The molecular formula is C37H58O6Si. The summed E-state index contributed by atoms with van der Waals surface area (Å²) in [6, 6.07) is 14.9. The van der Waals surface area contributed by atoms with Crippen molar-refractivity contribution in [2.75, 3.05) is 20.5 Å². The number of ether oxygens (including phenoxy) is 5. The van der Waals surface area contributed by atoms with Gasteiger partial charge in [0.15, 0.2) is 5.79 Å². The summed E-state index contributed by atoms with van der Waals surface area (Å²) in [5.41, 5.74) is 2.63. The zero-order chi connectivity index (χ0) is 32.2. The van der Waals surface area contributed by atoms with Crippen LogP contribution >= 0.6 is 0 Å². The molecule has 2 aromatic rings. The molecule has 2 aliphatic rings. The monoisotopic (exact) mass is 626 g/mol. The molecule has 6 nitrogen and oxygen atoms in total. The molecular weight excluding hydrogens is 568 g/mol. The van der Waals surface area contributed by atoms with E-state index in [2.05, 4.69) is 111 Å². The van der Waals surface area contributed by atoms with Gasteiger partial charge in [-0.15, -0.1) is 6.58 Å². The molecule has 1 spiro atoms. The molecule has 0 bridgehead atoms. The van der Waals surface area contributed by atoms with E-state index in [4.69, 9.17) is 28.1 Å². The third-order valence-corrected chi connectivity index (χ3v) is 16.8. The second-order valence-electron chi connectivity index (χ2n) is 14.2. The first-order valence-electron chi connectivity index (χ1n) is 16.7. The summed E-state index contributed by atoms with van der Waals surface area (Å²) in [5, 5.41) is 2.42. The van der Waals surface area contributed by atoms with Crippen LogP contribution in [0.4, 0.5) is 0 Å². The van der Waals surface area contributed by atoms with Crippen LogP contribution < -0.4 is 0 Å². The van der Waals surface area contributed by atoms with Crippen LogP contribution in [-0.2, 0) is 34.7 Å². The zero-order valence-corrected chi connectivity index (χ0v) is 29.9. The maximum atomic E-state index is 7.23. The largest absolute Gasteiger partial charge is 0.411 e. The molecule has 0 N–H and O–H groups in total. The van der Waals surface area contributed by atoms with Crippen molar-refractivity contribution in [1.29, 1.82) is 0 Å². The van der Waals surface area contributed by atoms with Crippen LogP contribution in [0.2, 0.25) is 16.6 Å². The molecule has 246 valence electrons. The Labute approximate surface area is 267 Å². The van der Waals surface area contributed by atoms with Crippen molar-refractivity contribution in [2.45, 2.75) is 122 Å². The molecule has 0 saturated carbocycles. The highest BCUT2D eigenvalue weighted by atomic mass is 28.4. The first-order valence-corrected chi connectivity index (χ1v) is 18.9. The molecule has 0 unspecified atom stereocenters. The Kier molecular flexibility index (Phi) is 11.9. The summed E-state index contributed by atoms with van der Waals surface area (Å²) >= 11 is 0. The van der Waals surface area contributed by atoms with E-state index in [1.54, 1.807) is 7.11 Å². The minimum atomic E-state index is -2.09. The van der Waals surface area contributed by atoms with E-state index < -0.39 is 14.1 Å². The first-order chi connectivity index (χ1) is 20.9. The van der Waals surface area contributed by atoms with Crippen LogP contribution in [0.25, 0.3) is 10.8 Å². The maximum absolute atomic E-state index is 7.23. The molecule has 44 heavy (non-hydrogen) atoms. The van der Waals surface area contributed by atoms with Gasteiger partial charge in [-0.2, -0.15) is 0 Å². The van der Waals surface area contributed by atoms with Gasteiger partial charge >= 0.3 is 0 Å². The number of fused-ring (bicyclic) bond motifs is 1. The lowest BCUT2D eigenvalue weighted by Gasteiger charge is -2.52. The van der Waals surface area contributed by atoms with E-state index in [0.717, 1.165) is 5.56 Å². The predicted octanol–water partition coefficient (Wildman–Crippen LogP) is 8.88. The van der Waals surface area contributed by atoms with Crippen molar-refractivity contribution in [3.8, 4) is 0 Å². The van der Waals surface area contributed by atoms with Crippen molar-refractivity contribution in [2.24, 2.45) is 17.8 Å². The average Bonchev–Trinajstić information content (AvgIpc) is 3.40. The summed E-state index contributed by atoms with van der Waals surface area (Å²) in [6.45, 7) is 25.9. The topological polar surface area (TPSA) is 55.4 Å². The van der Waals surface area contributed by atoms with Gasteiger partial charge < -0.3 is 28.1 Å². The van der Waals surface area contributed by atoms with E-state index in [0.29, 0.717) is 36.3 Å². The highest BCUT2D eigenvalue weighted by molar-refractivity contribution is 6.77.